The summed E-state index contributed by atoms with van der Waals surface area (Å²) < 4.78 is 0. The molecular weight excluding hydrogens is 542 g/mol. The molecule has 0 aliphatic rings. The van der Waals surface area contributed by atoms with Gasteiger partial charge in [-0.2, -0.15) is 11.8 Å². The van der Waals surface area contributed by atoms with Crippen molar-refractivity contribution in [2.75, 3.05) is 0 Å². The Bertz CT molecular complexity index is 333. The van der Waals surface area contributed by atoms with Crippen molar-refractivity contribution < 1.29 is 47.4 Å². The van der Waals surface area contributed by atoms with Gasteiger partial charge < -0.3 is 43.2 Å². The second-order valence-electron chi connectivity index (χ2n) is 5.86. The van der Waals surface area contributed by atoms with E-state index in [1.807, 2.05) is 0 Å². The van der Waals surface area contributed by atoms with Crippen molar-refractivity contribution >= 4 is 46.9 Å². The zero-order valence-corrected chi connectivity index (χ0v) is 23.7. The molecule has 176 valence electrons. The summed E-state index contributed by atoms with van der Waals surface area (Å²) in [6, 6.07) is 0. The third kappa shape index (κ3) is 104. The van der Waals surface area contributed by atoms with E-state index >= 15 is 0 Å². The fourth-order valence-corrected chi connectivity index (χ4v) is 1.39. The van der Waals surface area contributed by atoms with Crippen LogP contribution < -0.4 is 0 Å². The third-order valence-electron chi connectivity index (χ3n) is 3.09. The van der Waals surface area contributed by atoms with Crippen LogP contribution in [0.25, 0.3) is 0 Å². The molecule has 0 aromatic heterocycles. The zero-order chi connectivity index (χ0) is 23.8. The zero-order valence-electron chi connectivity index (χ0n) is 17.4. The average Bonchev–Trinajstić information content (AvgIpc) is 2.56. The van der Waals surface area contributed by atoms with Gasteiger partial charge in [-0.15, -0.1) is 0 Å². The Morgan fingerprint density at radius 2 is 0.857 bits per heavy atom. The number of rotatable bonds is 8. The minimum absolute atomic E-state index is 0.704. The predicted octanol–water partition coefficient (Wildman–Crippen LogP) is 5.10. The Labute approximate surface area is 198 Å². The second-order valence-corrected chi connectivity index (χ2v) is 10.9. The molecule has 0 fully saturated rings. The van der Waals surface area contributed by atoms with Gasteiger partial charge in [0.2, 0.25) is 0 Å². The summed E-state index contributed by atoms with van der Waals surface area (Å²) in [6.45, 7) is 9.23. The van der Waals surface area contributed by atoms with Crippen LogP contribution in [0.15, 0.2) is 0 Å². The average molecular weight is 583 g/mol. The van der Waals surface area contributed by atoms with Crippen LogP contribution >= 0.6 is 23.3 Å². The standard InChI is InChI=1S/2C8H17.Mo.2H3O3PS.S/c2*1-4-6-7-8(3)5-2;;2*1-4(2,3)5;/h2*8H,3-7H2,1-2H3;;2*(H3,1,2,3,5);/q2*-1;;;;. The van der Waals surface area contributed by atoms with Crippen LogP contribution in [0.5, 0.6) is 0 Å². The van der Waals surface area contributed by atoms with Gasteiger partial charge >= 0.3 is 41.3 Å². The van der Waals surface area contributed by atoms with Crippen molar-refractivity contribution in [2.24, 2.45) is 11.8 Å². The van der Waals surface area contributed by atoms with Crippen LogP contribution in [0.4, 0.5) is 0 Å². The molecule has 0 aliphatic heterocycles. The second kappa shape index (κ2) is 29.0. The number of hydrogen-bond donors (Lipinski definition) is 6. The molecule has 0 spiro atoms. The molecule has 0 radical (unpaired) electrons. The Morgan fingerprint density at radius 1 is 0.679 bits per heavy atom. The van der Waals surface area contributed by atoms with Crippen LogP contribution in [-0.2, 0) is 41.6 Å². The summed E-state index contributed by atoms with van der Waals surface area (Å²) in [5, 5.41) is 0. The van der Waals surface area contributed by atoms with Crippen molar-refractivity contribution in [1.29, 1.82) is 0 Å². The molecule has 0 heterocycles. The van der Waals surface area contributed by atoms with Crippen molar-refractivity contribution in [2.45, 2.75) is 79.1 Å². The van der Waals surface area contributed by atoms with Crippen LogP contribution in [0.2, 0.25) is 0 Å². The van der Waals surface area contributed by atoms with Gasteiger partial charge in [-0.3, -0.25) is 0 Å². The van der Waals surface area contributed by atoms with Gasteiger partial charge in [0, 0.05) is 0 Å². The van der Waals surface area contributed by atoms with Gasteiger partial charge in [0.1, 0.15) is 0 Å². The first kappa shape index (κ1) is 40.3. The molecule has 2 unspecified atom stereocenters. The van der Waals surface area contributed by atoms with Crippen LogP contribution in [0.3, 0.4) is 0 Å². The van der Waals surface area contributed by atoms with Gasteiger partial charge in [0.05, 0.1) is 0 Å². The number of hydrogen-bond acceptors (Lipinski definition) is 3. The molecular formula is C16H40MoO6P2S3-2. The Kier molecular flexibility index (Phi) is 41.7. The van der Waals surface area contributed by atoms with E-state index in [1.165, 1.54) is 69.4 Å². The Hall–Kier alpha value is 1.97. The fraction of sp³-hybridized carbons (Fsp3) is 0.875. The molecule has 6 N–H and O–H groups in total. The van der Waals surface area contributed by atoms with E-state index in [0.717, 1.165) is 0 Å². The first-order valence-electron chi connectivity index (χ1n) is 9.01. The molecule has 28 heavy (non-hydrogen) atoms. The molecule has 0 amide bonds. The Balaban J connectivity index is -0.0000000833. The Morgan fingerprint density at radius 3 is 0.964 bits per heavy atom. The summed E-state index contributed by atoms with van der Waals surface area (Å²) in [5.41, 5.74) is 0. The summed E-state index contributed by atoms with van der Waals surface area (Å²) >= 11 is 8.74. The van der Waals surface area contributed by atoms with Gasteiger partial charge in [-0.1, -0.05) is 79.1 Å². The van der Waals surface area contributed by atoms with Crippen molar-refractivity contribution in [3.63, 3.8) is 0 Å². The maximum atomic E-state index is 7.56. The monoisotopic (exact) mass is 584 g/mol. The summed E-state index contributed by atoms with van der Waals surface area (Å²) in [5.74, 6) is 1.41. The van der Waals surface area contributed by atoms with Crippen molar-refractivity contribution in [3.8, 4) is 0 Å². The third-order valence-corrected chi connectivity index (χ3v) is 3.09. The molecule has 0 saturated heterocycles. The fourth-order valence-electron chi connectivity index (χ4n) is 1.39. The molecule has 2 atom stereocenters. The van der Waals surface area contributed by atoms with Crippen molar-refractivity contribution in [3.05, 3.63) is 13.8 Å². The van der Waals surface area contributed by atoms with E-state index in [-0.39, 0.29) is 0 Å². The molecule has 0 aromatic carbocycles. The first-order chi connectivity index (χ1) is 12.6. The molecule has 0 bridgehead atoms. The molecule has 6 nitrogen and oxygen atoms in total. The van der Waals surface area contributed by atoms with E-state index in [0.29, 0.717) is 11.8 Å². The topological polar surface area (TPSA) is 121 Å². The number of unbranched alkanes of at least 4 members (excludes halogenated alkanes) is 2. The van der Waals surface area contributed by atoms with Crippen LogP contribution in [0, 0.1) is 25.7 Å². The maximum absolute atomic E-state index is 7.56. The molecule has 0 rings (SSSR count). The molecule has 0 saturated carbocycles. The predicted molar refractivity (Wildman–Crippen MR) is 127 cm³/mol. The van der Waals surface area contributed by atoms with E-state index in [1.54, 1.807) is 0 Å². The van der Waals surface area contributed by atoms with E-state index in [2.05, 4.69) is 75.0 Å². The normalized spacial score (nSPS) is 12.3. The minimum atomic E-state index is -3.81. The van der Waals surface area contributed by atoms with Crippen LogP contribution in [0.1, 0.15) is 79.1 Å². The van der Waals surface area contributed by atoms with E-state index in [4.69, 9.17) is 29.4 Å². The van der Waals surface area contributed by atoms with Crippen molar-refractivity contribution in [1.82, 2.24) is 0 Å². The molecule has 0 aromatic rings. The van der Waals surface area contributed by atoms with E-state index in [9.17, 15) is 0 Å². The van der Waals surface area contributed by atoms with Crippen LogP contribution in [-0.4, -0.2) is 29.4 Å². The molecule has 0 aliphatic carbocycles. The SMILES string of the molecule is OP(O)(O)=S.OP(O)(O)=S.[CH2-]C(CC)CCCC.[CH2-]C(CC)CCCC.[S]=[Mo]. The first-order valence-corrected chi connectivity index (χ1v) is 17.1. The van der Waals surface area contributed by atoms with Gasteiger partial charge in [-0.25, -0.2) is 0 Å². The van der Waals surface area contributed by atoms with E-state index < -0.39 is 13.4 Å². The summed E-state index contributed by atoms with van der Waals surface area (Å²) in [6.07, 6.45) is 10.4. The molecule has 12 heteroatoms. The van der Waals surface area contributed by atoms with Gasteiger partial charge in [0.25, 0.3) is 0 Å². The quantitative estimate of drug-likeness (QED) is 0.132. The van der Waals surface area contributed by atoms with Gasteiger partial charge in [0.15, 0.2) is 0 Å². The summed E-state index contributed by atoms with van der Waals surface area (Å²) in [4.78, 5) is 45.3. The van der Waals surface area contributed by atoms with Gasteiger partial charge in [-0.05, 0) is 23.6 Å². The summed E-state index contributed by atoms with van der Waals surface area (Å²) in [7, 11) is 4.09.